The summed E-state index contributed by atoms with van der Waals surface area (Å²) in [4.78, 5) is 16.0. The highest BCUT2D eigenvalue weighted by molar-refractivity contribution is 5.93. The van der Waals surface area contributed by atoms with Crippen LogP contribution in [0.2, 0.25) is 0 Å². The van der Waals surface area contributed by atoms with Gasteiger partial charge in [0.05, 0.1) is 30.0 Å². The van der Waals surface area contributed by atoms with Crippen molar-refractivity contribution in [3.05, 3.63) is 78.9 Å². The number of benzene rings is 2. The molecule has 0 unspecified atom stereocenters. The number of nitrogens with one attached hydrogen (secondary N) is 1. The van der Waals surface area contributed by atoms with Crippen LogP contribution in [0.1, 0.15) is 24.8 Å². The third-order valence-corrected chi connectivity index (χ3v) is 6.27. The monoisotopic (exact) mass is 435 g/mol. The maximum atomic E-state index is 4.65. The molecule has 1 fully saturated rings. The molecule has 0 saturated carbocycles. The molecule has 2 aromatic carbocycles. The number of hydrogen-bond acceptors (Lipinski definition) is 6. The fraction of sp³-hybridized carbons (Fsp3) is 0.231. The summed E-state index contributed by atoms with van der Waals surface area (Å²) in [6, 6.07) is 18.8. The second kappa shape index (κ2) is 8.50. The van der Waals surface area contributed by atoms with Crippen LogP contribution in [0.25, 0.3) is 21.8 Å². The van der Waals surface area contributed by atoms with E-state index in [-0.39, 0.29) is 0 Å². The lowest BCUT2D eigenvalue weighted by molar-refractivity contribution is 0.574. The van der Waals surface area contributed by atoms with Gasteiger partial charge in [-0.3, -0.25) is 4.68 Å². The van der Waals surface area contributed by atoms with Crippen LogP contribution in [0, 0.1) is 0 Å². The lowest BCUT2D eigenvalue weighted by Crippen LogP contribution is -2.30. The molecular formula is C26H25N7. The molecule has 164 valence electrons. The second-order valence-corrected chi connectivity index (χ2v) is 8.52. The maximum absolute atomic E-state index is 4.65. The molecule has 6 rings (SSSR count). The van der Waals surface area contributed by atoms with Crippen molar-refractivity contribution >= 4 is 39.1 Å². The van der Waals surface area contributed by atoms with Gasteiger partial charge in [0.15, 0.2) is 0 Å². The molecule has 0 spiro atoms. The molecule has 1 aliphatic rings. The number of fused-ring (bicyclic) bond motifs is 2. The maximum Gasteiger partial charge on any atom is 0.141 e. The Morgan fingerprint density at radius 2 is 1.73 bits per heavy atom. The van der Waals surface area contributed by atoms with Gasteiger partial charge in [0.1, 0.15) is 18.0 Å². The summed E-state index contributed by atoms with van der Waals surface area (Å²) in [7, 11) is 0. The van der Waals surface area contributed by atoms with E-state index in [1.807, 2.05) is 23.1 Å². The molecule has 7 heteroatoms. The minimum absolute atomic E-state index is 0.750. The van der Waals surface area contributed by atoms with Crippen molar-refractivity contribution in [1.82, 2.24) is 24.7 Å². The quantitative estimate of drug-likeness (QED) is 0.411. The second-order valence-electron chi connectivity index (χ2n) is 8.52. The zero-order valence-corrected chi connectivity index (χ0v) is 18.4. The predicted molar refractivity (Wildman–Crippen MR) is 132 cm³/mol. The highest BCUT2D eigenvalue weighted by atomic mass is 15.3. The van der Waals surface area contributed by atoms with E-state index < -0.39 is 0 Å². The fourth-order valence-electron chi connectivity index (χ4n) is 4.53. The average Bonchev–Trinajstić information content (AvgIpc) is 3.27. The van der Waals surface area contributed by atoms with E-state index in [4.69, 9.17) is 0 Å². The molecule has 0 aliphatic carbocycles. The van der Waals surface area contributed by atoms with Gasteiger partial charge in [0.2, 0.25) is 0 Å². The van der Waals surface area contributed by atoms with E-state index in [1.54, 1.807) is 6.33 Å². The van der Waals surface area contributed by atoms with E-state index in [9.17, 15) is 0 Å². The number of nitrogens with zero attached hydrogens (tertiary/aromatic N) is 6. The van der Waals surface area contributed by atoms with Crippen LogP contribution in [0.15, 0.2) is 73.3 Å². The van der Waals surface area contributed by atoms with E-state index in [2.05, 4.69) is 78.8 Å². The van der Waals surface area contributed by atoms with Crippen molar-refractivity contribution in [3.63, 3.8) is 0 Å². The van der Waals surface area contributed by atoms with Crippen molar-refractivity contribution in [2.24, 2.45) is 0 Å². The summed E-state index contributed by atoms with van der Waals surface area (Å²) in [5.74, 6) is 1.79. The third-order valence-electron chi connectivity index (χ3n) is 6.27. The lowest BCUT2D eigenvalue weighted by Gasteiger charge is -2.27. The first-order valence-electron chi connectivity index (χ1n) is 11.5. The van der Waals surface area contributed by atoms with Gasteiger partial charge in [-0.05, 0) is 49.1 Å². The number of anilines is 3. The Labute approximate surface area is 192 Å². The minimum Gasteiger partial charge on any atom is -0.357 e. The van der Waals surface area contributed by atoms with Gasteiger partial charge in [-0.25, -0.2) is 15.0 Å². The highest BCUT2D eigenvalue weighted by Crippen LogP contribution is 2.28. The highest BCUT2D eigenvalue weighted by Gasteiger charge is 2.14. The molecule has 5 aromatic rings. The molecule has 33 heavy (non-hydrogen) atoms. The smallest absolute Gasteiger partial charge is 0.141 e. The van der Waals surface area contributed by atoms with Gasteiger partial charge in [-0.15, -0.1) is 0 Å². The molecule has 0 atom stereocenters. The number of pyridine rings is 1. The Kier molecular flexibility index (Phi) is 5.07. The molecule has 0 radical (unpaired) electrons. The van der Waals surface area contributed by atoms with Crippen LogP contribution in [0.3, 0.4) is 0 Å². The normalized spacial score (nSPS) is 14.1. The summed E-state index contributed by atoms with van der Waals surface area (Å²) >= 11 is 0. The summed E-state index contributed by atoms with van der Waals surface area (Å²) in [6.45, 7) is 2.86. The number of hydrogen-bond donors (Lipinski definition) is 1. The molecule has 4 heterocycles. The van der Waals surface area contributed by atoms with Crippen LogP contribution in [-0.2, 0) is 6.54 Å². The SMILES string of the molecule is c1ccc(Cn2ncc3cc(Nc4ncnc5cnc(N6CCCCC6)cc45)ccc32)cc1. The Hall–Kier alpha value is -4.00. The Morgan fingerprint density at radius 1 is 0.848 bits per heavy atom. The molecule has 0 amide bonds. The van der Waals surface area contributed by atoms with Crippen LogP contribution in [0.4, 0.5) is 17.3 Å². The number of aromatic nitrogens is 5. The minimum atomic E-state index is 0.750. The summed E-state index contributed by atoms with van der Waals surface area (Å²) in [5.41, 5.74) is 4.15. The topological polar surface area (TPSA) is 71.8 Å². The van der Waals surface area contributed by atoms with Crippen LogP contribution in [0.5, 0.6) is 0 Å². The lowest BCUT2D eigenvalue weighted by atomic mass is 10.1. The Balaban J connectivity index is 1.30. The van der Waals surface area contributed by atoms with Gasteiger partial charge >= 0.3 is 0 Å². The average molecular weight is 436 g/mol. The van der Waals surface area contributed by atoms with Crippen LogP contribution >= 0.6 is 0 Å². The van der Waals surface area contributed by atoms with E-state index in [0.29, 0.717) is 0 Å². The van der Waals surface area contributed by atoms with Crippen molar-refractivity contribution in [2.45, 2.75) is 25.8 Å². The van der Waals surface area contributed by atoms with E-state index in [0.717, 1.165) is 58.8 Å². The van der Waals surface area contributed by atoms with Gasteiger partial charge in [-0.2, -0.15) is 5.10 Å². The summed E-state index contributed by atoms with van der Waals surface area (Å²) < 4.78 is 2.03. The van der Waals surface area contributed by atoms with Crippen molar-refractivity contribution in [1.29, 1.82) is 0 Å². The molecule has 0 bridgehead atoms. The summed E-state index contributed by atoms with van der Waals surface area (Å²) in [6.07, 6.45) is 9.08. The van der Waals surface area contributed by atoms with E-state index >= 15 is 0 Å². The van der Waals surface area contributed by atoms with Gasteiger partial charge < -0.3 is 10.2 Å². The summed E-state index contributed by atoms with van der Waals surface area (Å²) in [5, 5.41) is 10.2. The molecule has 1 saturated heterocycles. The van der Waals surface area contributed by atoms with Gasteiger partial charge in [-0.1, -0.05) is 30.3 Å². The first kappa shape index (κ1) is 19.7. The van der Waals surface area contributed by atoms with Crippen molar-refractivity contribution in [2.75, 3.05) is 23.3 Å². The molecule has 3 aromatic heterocycles. The molecule has 7 nitrogen and oxygen atoms in total. The van der Waals surface area contributed by atoms with Crippen molar-refractivity contribution in [3.8, 4) is 0 Å². The zero-order valence-electron chi connectivity index (χ0n) is 18.4. The van der Waals surface area contributed by atoms with Gasteiger partial charge in [0.25, 0.3) is 0 Å². The largest absolute Gasteiger partial charge is 0.357 e. The van der Waals surface area contributed by atoms with Crippen molar-refractivity contribution < 1.29 is 0 Å². The van der Waals surface area contributed by atoms with Gasteiger partial charge in [0, 0.05) is 29.5 Å². The van der Waals surface area contributed by atoms with Crippen LogP contribution in [-0.4, -0.2) is 37.8 Å². The molecule has 1 N–H and O–H groups in total. The zero-order chi connectivity index (χ0) is 22.0. The number of rotatable bonds is 5. The first-order valence-corrected chi connectivity index (χ1v) is 11.5. The fourth-order valence-corrected chi connectivity index (χ4v) is 4.53. The predicted octanol–water partition coefficient (Wildman–Crippen LogP) is 5.16. The van der Waals surface area contributed by atoms with Crippen LogP contribution < -0.4 is 10.2 Å². The Bertz CT molecular complexity index is 1400. The standard InChI is InChI=1S/C26H25N7/c1-3-7-19(8-4-1)17-33-24-10-9-21(13-20(24)15-30-33)31-26-22-14-25(32-11-5-2-6-12-32)27-16-23(22)28-18-29-26/h1,3-4,7-10,13-16,18H,2,5-6,11-12,17H2,(H,28,29,31). The Morgan fingerprint density at radius 3 is 2.61 bits per heavy atom. The molecular weight excluding hydrogens is 410 g/mol. The molecule has 1 aliphatic heterocycles. The number of piperidine rings is 1. The third kappa shape index (κ3) is 3.98. The van der Waals surface area contributed by atoms with E-state index in [1.165, 1.54) is 24.8 Å². The first-order chi connectivity index (χ1) is 16.3.